The van der Waals surface area contributed by atoms with Crippen LogP contribution in [0, 0.1) is 0 Å². The third-order valence-electron chi connectivity index (χ3n) is 1.36. The van der Waals surface area contributed by atoms with Crippen LogP contribution < -0.4 is 5.32 Å². The Balaban J connectivity index is 2.54. The van der Waals surface area contributed by atoms with Gasteiger partial charge < -0.3 is 5.32 Å². The van der Waals surface area contributed by atoms with Gasteiger partial charge in [-0.1, -0.05) is 0 Å². The van der Waals surface area contributed by atoms with Crippen molar-refractivity contribution in [3.63, 3.8) is 0 Å². The molecule has 0 unspecified atom stereocenters. The number of rotatable bonds is 0. The summed E-state index contributed by atoms with van der Waals surface area (Å²) in [4.78, 5) is 4.02. The first-order chi connectivity index (χ1) is 4.47. The maximum Gasteiger partial charge on any atom is 0.138 e. The minimum absolute atomic E-state index is 0.816. The SMILES string of the molecule is c1nnc2c(n1)CNC2. The maximum absolute atomic E-state index is 4.02. The molecule has 0 atom stereocenters. The molecular formula is C5H6N4. The first-order valence-electron chi connectivity index (χ1n) is 2.83. The second-order valence-electron chi connectivity index (χ2n) is 1.96. The second kappa shape index (κ2) is 1.73. The van der Waals surface area contributed by atoms with E-state index in [-0.39, 0.29) is 0 Å². The molecule has 1 aliphatic rings. The van der Waals surface area contributed by atoms with Gasteiger partial charge in [0.05, 0.1) is 11.4 Å². The van der Waals surface area contributed by atoms with Gasteiger partial charge in [-0.2, -0.15) is 5.10 Å². The Hall–Kier alpha value is -1.03. The highest BCUT2D eigenvalue weighted by Crippen LogP contribution is 2.05. The van der Waals surface area contributed by atoms with Crippen LogP contribution in [0.4, 0.5) is 0 Å². The van der Waals surface area contributed by atoms with E-state index in [2.05, 4.69) is 20.5 Å². The molecule has 0 saturated carbocycles. The van der Waals surface area contributed by atoms with Crippen molar-refractivity contribution in [1.82, 2.24) is 20.5 Å². The van der Waals surface area contributed by atoms with Crippen LogP contribution in [-0.4, -0.2) is 15.2 Å². The van der Waals surface area contributed by atoms with Crippen LogP contribution in [0.2, 0.25) is 0 Å². The van der Waals surface area contributed by atoms with E-state index in [1.807, 2.05) is 0 Å². The van der Waals surface area contributed by atoms with Crippen LogP contribution in [0.15, 0.2) is 6.33 Å². The van der Waals surface area contributed by atoms with Crippen molar-refractivity contribution in [1.29, 1.82) is 0 Å². The Morgan fingerprint density at radius 3 is 3.11 bits per heavy atom. The molecule has 4 heteroatoms. The standard InChI is InChI=1S/C5H6N4/c1-4-5(2-6-1)9-8-3-7-4/h3,6H,1-2H2. The van der Waals surface area contributed by atoms with Gasteiger partial charge in [0.15, 0.2) is 0 Å². The molecule has 1 N–H and O–H groups in total. The number of hydrogen-bond acceptors (Lipinski definition) is 4. The monoisotopic (exact) mass is 122 g/mol. The van der Waals surface area contributed by atoms with Gasteiger partial charge in [-0.05, 0) is 0 Å². The van der Waals surface area contributed by atoms with Gasteiger partial charge in [-0.3, -0.25) is 0 Å². The summed E-state index contributed by atoms with van der Waals surface area (Å²) in [6.45, 7) is 1.65. The Labute approximate surface area is 52.3 Å². The average molecular weight is 122 g/mol. The van der Waals surface area contributed by atoms with Gasteiger partial charge >= 0.3 is 0 Å². The molecule has 0 spiro atoms. The quantitative estimate of drug-likeness (QED) is 0.502. The summed E-state index contributed by atoms with van der Waals surface area (Å²) in [5, 5.41) is 10.7. The minimum atomic E-state index is 0.816. The molecule has 4 nitrogen and oxygen atoms in total. The van der Waals surface area contributed by atoms with E-state index in [4.69, 9.17) is 0 Å². The summed E-state index contributed by atoms with van der Waals surface area (Å²) in [5.74, 6) is 0. The summed E-state index contributed by atoms with van der Waals surface area (Å²) < 4.78 is 0. The average Bonchev–Trinajstić information content (AvgIpc) is 2.33. The third-order valence-corrected chi connectivity index (χ3v) is 1.36. The predicted octanol–water partition coefficient (Wildman–Crippen LogP) is -0.525. The molecule has 0 fully saturated rings. The third kappa shape index (κ3) is 0.675. The van der Waals surface area contributed by atoms with Crippen molar-refractivity contribution in [3.8, 4) is 0 Å². The van der Waals surface area contributed by atoms with Crippen LogP contribution in [0.1, 0.15) is 11.4 Å². The number of nitrogens with one attached hydrogen (secondary N) is 1. The van der Waals surface area contributed by atoms with Crippen molar-refractivity contribution in [2.75, 3.05) is 0 Å². The second-order valence-corrected chi connectivity index (χ2v) is 1.96. The topological polar surface area (TPSA) is 50.7 Å². The smallest absolute Gasteiger partial charge is 0.138 e. The van der Waals surface area contributed by atoms with Crippen molar-refractivity contribution < 1.29 is 0 Å². The normalized spacial score (nSPS) is 15.6. The zero-order valence-corrected chi connectivity index (χ0v) is 4.83. The Morgan fingerprint density at radius 1 is 1.33 bits per heavy atom. The molecule has 2 rings (SSSR count). The Morgan fingerprint density at radius 2 is 2.22 bits per heavy atom. The summed E-state index contributed by atoms with van der Waals surface area (Å²) in [6.07, 6.45) is 1.48. The van der Waals surface area contributed by atoms with Crippen LogP contribution in [0.25, 0.3) is 0 Å². The fraction of sp³-hybridized carbons (Fsp3) is 0.400. The Bertz CT molecular complexity index is 199. The zero-order valence-electron chi connectivity index (χ0n) is 4.83. The van der Waals surface area contributed by atoms with E-state index >= 15 is 0 Å². The van der Waals surface area contributed by atoms with Crippen molar-refractivity contribution in [3.05, 3.63) is 17.7 Å². The largest absolute Gasteiger partial charge is 0.305 e. The molecule has 0 saturated heterocycles. The molecular weight excluding hydrogens is 116 g/mol. The van der Waals surface area contributed by atoms with E-state index < -0.39 is 0 Å². The summed E-state index contributed by atoms with van der Waals surface area (Å²) in [6, 6.07) is 0. The first kappa shape index (κ1) is 4.81. The maximum atomic E-state index is 4.02. The number of hydrogen-bond donors (Lipinski definition) is 1. The van der Waals surface area contributed by atoms with Crippen LogP contribution >= 0.6 is 0 Å². The van der Waals surface area contributed by atoms with Crippen molar-refractivity contribution >= 4 is 0 Å². The lowest BCUT2D eigenvalue weighted by Gasteiger charge is -1.88. The molecule has 1 aliphatic heterocycles. The van der Waals surface area contributed by atoms with Crippen LogP contribution in [0.5, 0.6) is 0 Å². The summed E-state index contributed by atoms with van der Waals surface area (Å²) in [7, 11) is 0. The number of nitrogens with zero attached hydrogens (tertiary/aromatic N) is 3. The molecule has 9 heavy (non-hydrogen) atoms. The van der Waals surface area contributed by atoms with Gasteiger partial charge in [-0.15, -0.1) is 5.10 Å². The molecule has 0 aromatic carbocycles. The number of aromatic nitrogens is 3. The van der Waals surface area contributed by atoms with Gasteiger partial charge in [0.2, 0.25) is 0 Å². The molecule has 2 heterocycles. The highest BCUT2D eigenvalue weighted by molar-refractivity contribution is 5.12. The molecule has 1 aromatic heterocycles. The van der Waals surface area contributed by atoms with Crippen LogP contribution in [-0.2, 0) is 13.1 Å². The number of fused-ring (bicyclic) bond motifs is 1. The highest BCUT2D eigenvalue weighted by Gasteiger charge is 2.10. The van der Waals surface area contributed by atoms with E-state index in [0.29, 0.717) is 0 Å². The zero-order chi connectivity index (χ0) is 6.10. The predicted molar refractivity (Wildman–Crippen MR) is 30.4 cm³/mol. The fourth-order valence-corrected chi connectivity index (χ4v) is 0.908. The molecule has 0 aliphatic carbocycles. The van der Waals surface area contributed by atoms with E-state index in [9.17, 15) is 0 Å². The molecule has 0 radical (unpaired) electrons. The van der Waals surface area contributed by atoms with E-state index in [1.165, 1.54) is 6.33 Å². The van der Waals surface area contributed by atoms with Gasteiger partial charge in [-0.25, -0.2) is 4.98 Å². The molecule has 0 amide bonds. The fourth-order valence-electron chi connectivity index (χ4n) is 0.908. The van der Waals surface area contributed by atoms with Gasteiger partial charge in [0.25, 0.3) is 0 Å². The lowest BCUT2D eigenvalue weighted by atomic mass is 10.4. The van der Waals surface area contributed by atoms with Crippen LogP contribution in [0.3, 0.4) is 0 Å². The molecule has 1 aromatic rings. The highest BCUT2D eigenvalue weighted by atomic mass is 15.2. The minimum Gasteiger partial charge on any atom is -0.305 e. The van der Waals surface area contributed by atoms with Crippen molar-refractivity contribution in [2.45, 2.75) is 13.1 Å². The van der Waals surface area contributed by atoms with Gasteiger partial charge in [0, 0.05) is 13.1 Å². The first-order valence-corrected chi connectivity index (χ1v) is 2.83. The lowest BCUT2D eigenvalue weighted by Crippen LogP contribution is -2.00. The van der Waals surface area contributed by atoms with E-state index in [0.717, 1.165) is 24.5 Å². The summed E-state index contributed by atoms with van der Waals surface area (Å²) in [5.41, 5.74) is 2.02. The van der Waals surface area contributed by atoms with E-state index in [1.54, 1.807) is 0 Å². The molecule has 46 valence electrons. The van der Waals surface area contributed by atoms with Crippen molar-refractivity contribution in [2.24, 2.45) is 0 Å². The summed E-state index contributed by atoms with van der Waals surface area (Å²) >= 11 is 0. The Kier molecular flexibility index (Phi) is 0.927. The lowest BCUT2D eigenvalue weighted by molar-refractivity contribution is 0.750. The molecule has 0 bridgehead atoms. The van der Waals surface area contributed by atoms with Gasteiger partial charge in [0.1, 0.15) is 6.33 Å².